The standard InChI is InChI=1S/C73H46N2O/c1-3-18-47(19-4-1)49-34-38-52(39-35-49)74(55-42-43-59-58-26-9-14-31-66(58)73(67(59)45-55)64-29-12-7-24-56(64)57-25-8-13-30-65(57)73)53-40-36-50(37-41-53)62-46-63-60-27-10-15-32-68(60)75(54-23-17-22-51(44-54)48-20-5-2-6-21-48)71(63)70-61-28-11-16-33-69(61)76-72(62)70/h1-46H. The first-order chi connectivity index (χ1) is 37.7. The zero-order valence-electron chi connectivity index (χ0n) is 41.4. The Balaban J connectivity index is 0.890. The van der Waals surface area contributed by atoms with E-state index in [2.05, 4.69) is 289 Å². The van der Waals surface area contributed by atoms with Gasteiger partial charge in [0.15, 0.2) is 0 Å². The van der Waals surface area contributed by atoms with E-state index in [1.807, 2.05) is 0 Å². The number of anilines is 3. The summed E-state index contributed by atoms with van der Waals surface area (Å²) in [7, 11) is 0. The summed E-state index contributed by atoms with van der Waals surface area (Å²) in [6, 6.07) is 102. The fourth-order valence-electron chi connectivity index (χ4n) is 13.2. The van der Waals surface area contributed by atoms with Crippen molar-refractivity contribution in [3.8, 4) is 61.3 Å². The molecule has 3 heteroatoms. The summed E-state index contributed by atoms with van der Waals surface area (Å²) in [6.07, 6.45) is 0. The molecule has 76 heavy (non-hydrogen) atoms. The lowest BCUT2D eigenvalue weighted by Gasteiger charge is -2.32. The van der Waals surface area contributed by atoms with E-state index in [1.165, 1.54) is 77.5 Å². The number of para-hydroxylation sites is 2. The quantitative estimate of drug-likeness (QED) is 0.159. The van der Waals surface area contributed by atoms with Crippen LogP contribution in [0.4, 0.5) is 17.1 Å². The highest BCUT2D eigenvalue weighted by atomic mass is 16.3. The second kappa shape index (κ2) is 16.5. The zero-order chi connectivity index (χ0) is 49.9. The minimum absolute atomic E-state index is 0.466. The number of fused-ring (bicyclic) bond motifs is 17. The summed E-state index contributed by atoms with van der Waals surface area (Å²) in [4.78, 5) is 2.43. The van der Waals surface area contributed by atoms with Crippen LogP contribution < -0.4 is 4.90 Å². The Kier molecular flexibility index (Phi) is 9.25. The molecule has 2 aliphatic rings. The average Bonchev–Trinajstić information content (AvgIpc) is 4.39. The van der Waals surface area contributed by atoms with Crippen LogP contribution in [0, 0.1) is 0 Å². The smallest absolute Gasteiger partial charge is 0.145 e. The first kappa shape index (κ1) is 42.5. The molecule has 1 spiro atoms. The maximum atomic E-state index is 7.03. The van der Waals surface area contributed by atoms with Crippen molar-refractivity contribution in [1.82, 2.24) is 4.57 Å². The molecule has 0 N–H and O–H groups in total. The van der Waals surface area contributed by atoms with Gasteiger partial charge in [-0.3, -0.25) is 0 Å². The first-order valence-corrected chi connectivity index (χ1v) is 26.2. The van der Waals surface area contributed by atoms with Crippen molar-refractivity contribution < 1.29 is 4.42 Å². The minimum atomic E-state index is -0.466. The van der Waals surface area contributed by atoms with Crippen molar-refractivity contribution in [3.63, 3.8) is 0 Å². The lowest BCUT2D eigenvalue weighted by atomic mass is 9.70. The van der Waals surface area contributed by atoms with Crippen LogP contribution in [0.25, 0.3) is 105 Å². The van der Waals surface area contributed by atoms with Crippen LogP contribution in [0.1, 0.15) is 22.3 Å². The van der Waals surface area contributed by atoms with Crippen molar-refractivity contribution in [3.05, 3.63) is 301 Å². The Morgan fingerprint density at radius 3 is 1.47 bits per heavy atom. The van der Waals surface area contributed by atoms with Crippen molar-refractivity contribution >= 4 is 60.8 Å². The Morgan fingerprint density at radius 2 is 0.816 bits per heavy atom. The van der Waals surface area contributed by atoms with Crippen molar-refractivity contribution in [2.45, 2.75) is 5.41 Å². The van der Waals surface area contributed by atoms with Gasteiger partial charge in [0.2, 0.25) is 0 Å². The van der Waals surface area contributed by atoms with Gasteiger partial charge in [-0.15, -0.1) is 0 Å². The number of hydrogen-bond acceptors (Lipinski definition) is 2. The molecule has 0 bridgehead atoms. The highest BCUT2D eigenvalue weighted by molar-refractivity contribution is 6.27. The van der Waals surface area contributed by atoms with Crippen LogP contribution in [-0.4, -0.2) is 4.57 Å². The fourth-order valence-corrected chi connectivity index (χ4v) is 13.2. The third-order valence-corrected chi connectivity index (χ3v) is 16.4. The largest absolute Gasteiger partial charge is 0.455 e. The summed E-state index contributed by atoms with van der Waals surface area (Å²) >= 11 is 0. The van der Waals surface area contributed by atoms with Gasteiger partial charge in [0.25, 0.3) is 0 Å². The van der Waals surface area contributed by atoms with Gasteiger partial charge in [-0.25, -0.2) is 0 Å². The van der Waals surface area contributed by atoms with Gasteiger partial charge in [0.05, 0.1) is 21.8 Å². The first-order valence-electron chi connectivity index (χ1n) is 26.2. The molecule has 2 aliphatic carbocycles. The van der Waals surface area contributed by atoms with Gasteiger partial charge in [0, 0.05) is 44.5 Å². The highest BCUT2D eigenvalue weighted by Crippen LogP contribution is 2.63. The molecule has 0 amide bonds. The van der Waals surface area contributed by atoms with Crippen LogP contribution in [0.5, 0.6) is 0 Å². The van der Waals surface area contributed by atoms with Crippen molar-refractivity contribution in [1.29, 1.82) is 0 Å². The zero-order valence-corrected chi connectivity index (χ0v) is 41.4. The van der Waals surface area contributed by atoms with Crippen LogP contribution in [0.15, 0.2) is 283 Å². The molecule has 0 aliphatic heterocycles. The molecule has 0 fully saturated rings. The number of furan rings is 1. The van der Waals surface area contributed by atoms with Gasteiger partial charge < -0.3 is 13.9 Å². The van der Waals surface area contributed by atoms with Crippen LogP contribution in [0.2, 0.25) is 0 Å². The van der Waals surface area contributed by atoms with E-state index in [4.69, 9.17) is 4.42 Å². The molecule has 16 rings (SSSR count). The van der Waals surface area contributed by atoms with Gasteiger partial charge in [-0.05, 0) is 139 Å². The van der Waals surface area contributed by atoms with Crippen LogP contribution in [0.3, 0.4) is 0 Å². The highest BCUT2D eigenvalue weighted by Gasteiger charge is 2.51. The molecule has 0 radical (unpaired) electrons. The number of aromatic nitrogens is 1. The summed E-state index contributed by atoms with van der Waals surface area (Å²) in [5.74, 6) is 0. The molecule has 14 aromatic rings. The second-order valence-corrected chi connectivity index (χ2v) is 20.3. The van der Waals surface area contributed by atoms with E-state index >= 15 is 0 Å². The number of benzene rings is 12. The molecular formula is C73H46N2O. The summed E-state index contributed by atoms with van der Waals surface area (Å²) in [6.45, 7) is 0. The predicted molar refractivity (Wildman–Crippen MR) is 315 cm³/mol. The Labute approximate surface area is 440 Å². The van der Waals surface area contributed by atoms with Crippen LogP contribution >= 0.6 is 0 Å². The van der Waals surface area contributed by atoms with E-state index in [-0.39, 0.29) is 0 Å². The Hall–Kier alpha value is -9.96. The predicted octanol–water partition coefficient (Wildman–Crippen LogP) is 19.5. The molecule has 0 saturated carbocycles. The molecule has 2 heterocycles. The van der Waals surface area contributed by atoms with Gasteiger partial charge >= 0.3 is 0 Å². The molecule has 0 unspecified atom stereocenters. The molecule has 0 saturated heterocycles. The van der Waals surface area contributed by atoms with E-state index in [9.17, 15) is 0 Å². The second-order valence-electron chi connectivity index (χ2n) is 20.3. The topological polar surface area (TPSA) is 21.3 Å². The summed E-state index contributed by atoms with van der Waals surface area (Å²) in [5, 5.41) is 4.58. The molecule has 0 atom stereocenters. The third-order valence-electron chi connectivity index (χ3n) is 16.4. The Morgan fingerprint density at radius 1 is 0.316 bits per heavy atom. The maximum Gasteiger partial charge on any atom is 0.145 e. The number of nitrogens with zero attached hydrogens (tertiary/aromatic N) is 2. The minimum Gasteiger partial charge on any atom is -0.455 e. The monoisotopic (exact) mass is 966 g/mol. The SMILES string of the molecule is c1ccc(-c2ccc(N(c3ccc(-c4cc5c6ccccc6n(-c6cccc(-c7ccccc7)c6)c5c5c4oc4ccccc45)cc3)c3ccc4c(c3)C3(c5ccccc5-c5ccccc53)c3ccccc3-4)cc2)cc1. The normalized spacial score (nSPS) is 12.8. The lowest BCUT2D eigenvalue weighted by Crippen LogP contribution is -2.26. The van der Waals surface area contributed by atoms with Crippen molar-refractivity contribution in [2.24, 2.45) is 0 Å². The number of hydrogen-bond donors (Lipinski definition) is 0. The summed E-state index contributed by atoms with van der Waals surface area (Å²) in [5.41, 5.74) is 25.2. The molecule has 3 nitrogen and oxygen atoms in total. The van der Waals surface area contributed by atoms with Gasteiger partial charge in [-0.2, -0.15) is 0 Å². The molecule has 2 aromatic heterocycles. The average molecular weight is 967 g/mol. The summed E-state index contributed by atoms with van der Waals surface area (Å²) < 4.78 is 9.47. The number of rotatable bonds is 7. The molecular weight excluding hydrogens is 921 g/mol. The van der Waals surface area contributed by atoms with E-state index < -0.39 is 5.41 Å². The van der Waals surface area contributed by atoms with Crippen LogP contribution in [-0.2, 0) is 5.41 Å². The van der Waals surface area contributed by atoms with E-state index in [1.54, 1.807) is 0 Å². The van der Waals surface area contributed by atoms with E-state index in [0.29, 0.717) is 0 Å². The lowest BCUT2D eigenvalue weighted by molar-refractivity contribution is 0.670. The third kappa shape index (κ3) is 6.11. The van der Waals surface area contributed by atoms with Gasteiger partial charge in [0.1, 0.15) is 11.2 Å². The van der Waals surface area contributed by atoms with Gasteiger partial charge in [-0.1, -0.05) is 212 Å². The molecule has 12 aromatic carbocycles. The van der Waals surface area contributed by atoms with Crippen molar-refractivity contribution in [2.75, 3.05) is 4.90 Å². The molecule has 354 valence electrons. The maximum absolute atomic E-state index is 7.03. The van der Waals surface area contributed by atoms with E-state index in [0.717, 1.165) is 66.8 Å². The Bertz CT molecular complexity index is 4560. The fraction of sp³-hybridized carbons (Fsp3) is 0.0137.